The Morgan fingerprint density at radius 3 is 2.50 bits per heavy atom. The van der Waals surface area contributed by atoms with Crippen LogP contribution in [0.3, 0.4) is 0 Å². The highest BCUT2D eigenvalue weighted by atomic mass is 16.5. The molecule has 0 fully saturated rings. The number of benzene rings is 1. The molecule has 5 nitrogen and oxygen atoms in total. The van der Waals surface area contributed by atoms with E-state index in [0.717, 1.165) is 17.1 Å². The number of rotatable bonds is 4. The maximum absolute atomic E-state index is 5.64. The summed E-state index contributed by atoms with van der Waals surface area (Å²) in [7, 11) is 5.18. The highest BCUT2D eigenvalue weighted by molar-refractivity contribution is 5.62. The summed E-state index contributed by atoms with van der Waals surface area (Å²) in [6.07, 6.45) is 1.78. The van der Waals surface area contributed by atoms with E-state index in [2.05, 4.69) is 4.98 Å². The summed E-state index contributed by atoms with van der Waals surface area (Å²) in [4.78, 5) is 4.37. The monoisotopic (exact) mass is 247 g/mol. The first-order chi connectivity index (χ1) is 8.71. The van der Waals surface area contributed by atoms with E-state index in [-0.39, 0.29) is 0 Å². The first-order valence-corrected chi connectivity index (χ1v) is 5.64. The van der Waals surface area contributed by atoms with Gasteiger partial charge in [-0.25, -0.2) is 4.98 Å². The molecule has 0 amide bonds. The van der Waals surface area contributed by atoms with Crippen molar-refractivity contribution in [2.75, 3.05) is 14.2 Å². The van der Waals surface area contributed by atoms with Crippen LogP contribution in [0.1, 0.15) is 5.69 Å². The van der Waals surface area contributed by atoms with Gasteiger partial charge in [-0.1, -0.05) is 0 Å². The fraction of sp³-hybridized carbons (Fsp3) is 0.308. The van der Waals surface area contributed by atoms with Crippen LogP contribution in [-0.2, 0) is 13.6 Å². The maximum Gasteiger partial charge on any atom is 0.161 e. The average molecular weight is 247 g/mol. The van der Waals surface area contributed by atoms with Crippen LogP contribution in [0, 0.1) is 0 Å². The fourth-order valence-electron chi connectivity index (χ4n) is 1.88. The highest BCUT2D eigenvalue weighted by Crippen LogP contribution is 2.31. The Labute approximate surface area is 106 Å². The van der Waals surface area contributed by atoms with Gasteiger partial charge in [0.25, 0.3) is 0 Å². The van der Waals surface area contributed by atoms with E-state index in [9.17, 15) is 0 Å². The number of methoxy groups -OCH3 is 2. The molecule has 0 atom stereocenters. The van der Waals surface area contributed by atoms with Gasteiger partial charge < -0.3 is 19.8 Å². The predicted molar refractivity (Wildman–Crippen MR) is 69.6 cm³/mol. The van der Waals surface area contributed by atoms with E-state index in [1.807, 2.05) is 29.8 Å². The molecular formula is C13H17N3O2. The lowest BCUT2D eigenvalue weighted by molar-refractivity contribution is 0.355. The molecule has 0 aliphatic heterocycles. The summed E-state index contributed by atoms with van der Waals surface area (Å²) in [6, 6.07) is 5.72. The molecule has 0 unspecified atom stereocenters. The van der Waals surface area contributed by atoms with Crippen LogP contribution in [0.5, 0.6) is 11.5 Å². The fourth-order valence-corrected chi connectivity index (χ4v) is 1.88. The number of nitrogens with two attached hydrogens (primary N) is 1. The second-order valence-electron chi connectivity index (χ2n) is 3.91. The van der Waals surface area contributed by atoms with Crippen molar-refractivity contribution >= 4 is 0 Å². The molecule has 0 aliphatic rings. The van der Waals surface area contributed by atoms with Crippen LogP contribution in [0.15, 0.2) is 24.4 Å². The third-order valence-electron chi connectivity index (χ3n) is 2.94. The van der Waals surface area contributed by atoms with Gasteiger partial charge in [-0.05, 0) is 18.2 Å². The quantitative estimate of drug-likeness (QED) is 0.890. The molecule has 1 heterocycles. The topological polar surface area (TPSA) is 62.3 Å². The van der Waals surface area contributed by atoms with Crippen molar-refractivity contribution < 1.29 is 9.47 Å². The van der Waals surface area contributed by atoms with E-state index in [4.69, 9.17) is 15.2 Å². The van der Waals surface area contributed by atoms with Gasteiger partial charge >= 0.3 is 0 Å². The summed E-state index contributed by atoms with van der Waals surface area (Å²) in [6.45, 7) is 0.469. The van der Waals surface area contributed by atoms with Crippen LogP contribution >= 0.6 is 0 Å². The molecular weight excluding hydrogens is 230 g/mol. The molecule has 0 spiro atoms. The van der Waals surface area contributed by atoms with Gasteiger partial charge in [0.05, 0.1) is 26.1 Å². The highest BCUT2D eigenvalue weighted by Gasteiger charge is 2.11. The lowest BCUT2D eigenvalue weighted by atomic mass is 10.2. The van der Waals surface area contributed by atoms with Crippen molar-refractivity contribution in [1.29, 1.82) is 0 Å². The van der Waals surface area contributed by atoms with Gasteiger partial charge in [-0.2, -0.15) is 0 Å². The Balaban J connectivity index is 2.47. The number of ether oxygens (including phenoxy) is 2. The van der Waals surface area contributed by atoms with Gasteiger partial charge in [-0.3, -0.25) is 0 Å². The van der Waals surface area contributed by atoms with Crippen molar-refractivity contribution in [2.24, 2.45) is 12.8 Å². The van der Waals surface area contributed by atoms with Crippen molar-refractivity contribution in [3.63, 3.8) is 0 Å². The zero-order chi connectivity index (χ0) is 13.1. The molecule has 18 heavy (non-hydrogen) atoms. The lowest BCUT2D eigenvalue weighted by Crippen LogP contribution is -2.04. The summed E-state index contributed by atoms with van der Waals surface area (Å²) in [5.41, 5.74) is 7.59. The molecule has 2 rings (SSSR count). The van der Waals surface area contributed by atoms with Gasteiger partial charge in [0.2, 0.25) is 0 Å². The molecule has 5 heteroatoms. The van der Waals surface area contributed by atoms with Crippen molar-refractivity contribution in [1.82, 2.24) is 9.55 Å². The molecule has 0 aliphatic carbocycles. The standard InChI is InChI=1S/C13H17N3O2/c1-16-10(7-14)8-15-13(16)9-4-5-11(17-2)12(6-9)18-3/h4-6,8H,7,14H2,1-3H3. The minimum Gasteiger partial charge on any atom is -0.493 e. The van der Waals surface area contributed by atoms with Crippen LogP contribution in [-0.4, -0.2) is 23.8 Å². The first-order valence-electron chi connectivity index (χ1n) is 5.64. The molecule has 96 valence electrons. The van der Waals surface area contributed by atoms with Crippen molar-refractivity contribution in [2.45, 2.75) is 6.54 Å². The zero-order valence-electron chi connectivity index (χ0n) is 10.8. The normalized spacial score (nSPS) is 10.4. The molecule has 0 radical (unpaired) electrons. The number of hydrogen-bond acceptors (Lipinski definition) is 4. The van der Waals surface area contributed by atoms with E-state index < -0.39 is 0 Å². The minimum atomic E-state index is 0.469. The third kappa shape index (κ3) is 2.04. The smallest absolute Gasteiger partial charge is 0.161 e. The Bertz CT molecular complexity index is 549. The lowest BCUT2D eigenvalue weighted by Gasteiger charge is -2.10. The first kappa shape index (κ1) is 12.4. The van der Waals surface area contributed by atoms with Gasteiger partial charge in [0.1, 0.15) is 5.82 Å². The summed E-state index contributed by atoms with van der Waals surface area (Å²) >= 11 is 0. The van der Waals surface area contributed by atoms with E-state index in [0.29, 0.717) is 18.0 Å². The number of nitrogens with zero attached hydrogens (tertiary/aromatic N) is 2. The van der Waals surface area contributed by atoms with E-state index >= 15 is 0 Å². The summed E-state index contributed by atoms with van der Waals surface area (Å²) < 4.78 is 12.5. The minimum absolute atomic E-state index is 0.469. The molecule has 2 N–H and O–H groups in total. The molecule has 1 aromatic heterocycles. The molecule has 0 saturated carbocycles. The third-order valence-corrected chi connectivity index (χ3v) is 2.94. The second-order valence-corrected chi connectivity index (χ2v) is 3.91. The van der Waals surface area contributed by atoms with E-state index in [1.165, 1.54) is 0 Å². The Hall–Kier alpha value is -2.01. The average Bonchev–Trinajstić information content (AvgIpc) is 2.79. The molecule has 0 bridgehead atoms. The van der Waals surface area contributed by atoms with Crippen LogP contribution in [0.4, 0.5) is 0 Å². The van der Waals surface area contributed by atoms with Crippen molar-refractivity contribution in [3.8, 4) is 22.9 Å². The van der Waals surface area contributed by atoms with Crippen LogP contribution in [0.2, 0.25) is 0 Å². The number of imidazole rings is 1. The van der Waals surface area contributed by atoms with Crippen molar-refractivity contribution in [3.05, 3.63) is 30.1 Å². The summed E-state index contributed by atoms with van der Waals surface area (Å²) in [5, 5.41) is 0. The van der Waals surface area contributed by atoms with Crippen LogP contribution < -0.4 is 15.2 Å². The van der Waals surface area contributed by atoms with Gasteiger partial charge in [0, 0.05) is 19.2 Å². The zero-order valence-corrected chi connectivity index (χ0v) is 10.8. The number of hydrogen-bond donors (Lipinski definition) is 1. The summed E-state index contributed by atoms with van der Waals surface area (Å²) in [5.74, 6) is 2.25. The predicted octanol–water partition coefficient (Wildman–Crippen LogP) is 1.56. The SMILES string of the molecule is COc1ccc(-c2ncc(CN)n2C)cc1OC. The Morgan fingerprint density at radius 2 is 1.94 bits per heavy atom. The van der Waals surface area contributed by atoms with Gasteiger partial charge in [-0.15, -0.1) is 0 Å². The largest absolute Gasteiger partial charge is 0.493 e. The van der Waals surface area contributed by atoms with Crippen LogP contribution in [0.25, 0.3) is 11.4 Å². The Kier molecular flexibility index (Phi) is 3.53. The maximum atomic E-state index is 5.64. The van der Waals surface area contributed by atoms with Gasteiger partial charge in [0.15, 0.2) is 11.5 Å². The molecule has 0 saturated heterocycles. The van der Waals surface area contributed by atoms with E-state index in [1.54, 1.807) is 20.4 Å². The Morgan fingerprint density at radius 1 is 1.22 bits per heavy atom. The second kappa shape index (κ2) is 5.10. The molecule has 2 aromatic rings. The molecule has 1 aromatic carbocycles. The number of aromatic nitrogens is 2.